The van der Waals surface area contributed by atoms with E-state index in [4.69, 9.17) is 4.28 Å². The van der Waals surface area contributed by atoms with Crippen LogP contribution in [0.25, 0.3) is 0 Å². The summed E-state index contributed by atoms with van der Waals surface area (Å²) in [7, 11) is -3.72. The highest BCUT2D eigenvalue weighted by atomic mass is 32.2. The molecular weight excluding hydrogens is 252 g/mol. The molecular formula is C12H18N2O3S. The Labute approximate surface area is 108 Å². The molecule has 18 heavy (non-hydrogen) atoms. The Morgan fingerprint density at radius 2 is 2.17 bits per heavy atom. The van der Waals surface area contributed by atoms with Crippen molar-refractivity contribution in [2.24, 2.45) is 5.92 Å². The van der Waals surface area contributed by atoms with Crippen molar-refractivity contribution >= 4 is 10.1 Å². The van der Waals surface area contributed by atoms with E-state index in [0.717, 1.165) is 19.3 Å². The molecule has 0 atom stereocenters. The maximum atomic E-state index is 11.9. The van der Waals surface area contributed by atoms with Crippen LogP contribution in [-0.2, 0) is 14.4 Å². The largest absolute Gasteiger partial charge is 0.314 e. The molecule has 1 aromatic heterocycles. The zero-order valence-electron chi connectivity index (χ0n) is 10.4. The first-order valence-electron chi connectivity index (χ1n) is 6.21. The van der Waals surface area contributed by atoms with Crippen LogP contribution in [0.3, 0.4) is 0 Å². The summed E-state index contributed by atoms with van der Waals surface area (Å²) in [4.78, 5) is 3.89. The third kappa shape index (κ3) is 3.28. The van der Waals surface area contributed by atoms with Gasteiger partial charge in [0.2, 0.25) is 0 Å². The van der Waals surface area contributed by atoms with Gasteiger partial charge >= 0.3 is 10.1 Å². The van der Waals surface area contributed by atoms with E-state index < -0.39 is 10.1 Å². The first-order chi connectivity index (χ1) is 8.62. The van der Waals surface area contributed by atoms with Crippen LogP contribution in [0.5, 0.6) is 0 Å². The highest BCUT2D eigenvalue weighted by molar-refractivity contribution is 7.86. The van der Waals surface area contributed by atoms with Crippen LogP contribution < -0.4 is 0 Å². The first-order valence-corrected chi connectivity index (χ1v) is 7.62. The Hall–Kier alpha value is -0.980. The zero-order valence-corrected chi connectivity index (χ0v) is 11.3. The molecule has 0 unspecified atom stereocenters. The number of hydrogen-bond acceptors (Lipinski definition) is 5. The minimum Gasteiger partial charge on any atom is -0.263 e. The standard InChI is InChI=1S/C12H18N2O3S/c1-2-11-5-8-14(9-6-11)17-18(15,16)12-4-3-7-13-10-12/h3-4,7,10-11H,2,5-6,8-9H2,1H3. The van der Waals surface area contributed by atoms with E-state index in [1.54, 1.807) is 6.07 Å². The molecule has 1 aliphatic rings. The second-order valence-corrected chi connectivity index (χ2v) is 6.03. The molecule has 0 aromatic carbocycles. The summed E-state index contributed by atoms with van der Waals surface area (Å²) in [6, 6.07) is 3.07. The number of piperidine rings is 1. The Morgan fingerprint density at radius 1 is 1.44 bits per heavy atom. The Kier molecular flexibility index (Phi) is 4.31. The summed E-state index contributed by atoms with van der Waals surface area (Å²) in [6.45, 7) is 3.49. The fourth-order valence-electron chi connectivity index (χ4n) is 2.07. The van der Waals surface area contributed by atoms with Gasteiger partial charge in [0.05, 0.1) is 0 Å². The van der Waals surface area contributed by atoms with Crippen molar-refractivity contribution in [1.29, 1.82) is 0 Å². The number of hydrogen-bond donors (Lipinski definition) is 0. The highest BCUT2D eigenvalue weighted by Gasteiger charge is 2.24. The molecule has 0 spiro atoms. The van der Waals surface area contributed by atoms with Gasteiger partial charge < -0.3 is 0 Å². The van der Waals surface area contributed by atoms with Gasteiger partial charge in [0.1, 0.15) is 4.90 Å². The molecule has 1 fully saturated rings. The average molecular weight is 270 g/mol. The molecule has 0 N–H and O–H groups in total. The van der Waals surface area contributed by atoms with Crippen molar-refractivity contribution in [3.63, 3.8) is 0 Å². The van der Waals surface area contributed by atoms with Crippen molar-refractivity contribution in [2.45, 2.75) is 31.1 Å². The molecule has 0 radical (unpaired) electrons. The lowest BCUT2D eigenvalue weighted by molar-refractivity contribution is -0.0757. The molecule has 100 valence electrons. The fraction of sp³-hybridized carbons (Fsp3) is 0.583. The van der Waals surface area contributed by atoms with Gasteiger partial charge in [-0.05, 0) is 30.9 Å². The predicted octanol–water partition coefficient (Wildman–Crippen LogP) is 1.82. The second kappa shape index (κ2) is 5.77. The first kappa shape index (κ1) is 13.5. The van der Waals surface area contributed by atoms with Crippen LogP contribution in [0.15, 0.2) is 29.4 Å². The third-order valence-electron chi connectivity index (χ3n) is 3.28. The lowest BCUT2D eigenvalue weighted by Crippen LogP contribution is -2.35. The lowest BCUT2D eigenvalue weighted by atomic mass is 9.96. The molecule has 1 aromatic rings. The van der Waals surface area contributed by atoms with Crippen molar-refractivity contribution < 1.29 is 12.7 Å². The van der Waals surface area contributed by atoms with Crippen LogP contribution in [-0.4, -0.2) is 31.6 Å². The van der Waals surface area contributed by atoms with E-state index in [1.165, 1.54) is 23.5 Å². The third-order valence-corrected chi connectivity index (χ3v) is 4.50. The molecule has 2 rings (SSSR count). The van der Waals surface area contributed by atoms with E-state index in [9.17, 15) is 8.42 Å². The minimum absolute atomic E-state index is 0.0996. The van der Waals surface area contributed by atoms with Crippen LogP contribution in [0, 0.1) is 5.92 Å². The van der Waals surface area contributed by atoms with E-state index in [1.807, 2.05) is 0 Å². The molecule has 1 saturated heterocycles. The van der Waals surface area contributed by atoms with Gasteiger partial charge in [-0.15, -0.1) is 0 Å². The van der Waals surface area contributed by atoms with Crippen LogP contribution in [0.1, 0.15) is 26.2 Å². The molecule has 1 aliphatic heterocycles. The summed E-state index contributed by atoms with van der Waals surface area (Å²) in [5.41, 5.74) is 0. The van der Waals surface area contributed by atoms with E-state index in [0.29, 0.717) is 19.0 Å². The van der Waals surface area contributed by atoms with Crippen molar-refractivity contribution in [1.82, 2.24) is 10.0 Å². The molecule has 5 nitrogen and oxygen atoms in total. The van der Waals surface area contributed by atoms with Crippen LogP contribution in [0.2, 0.25) is 0 Å². The number of hydroxylamine groups is 2. The second-order valence-electron chi connectivity index (χ2n) is 4.50. The normalized spacial score (nSPS) is 18.9. The quantitative estimate of drug-likeness (QED) is 0.835. The van der Waals surface area contributed by atoms with Crippen molar-refractivity contribution in [3.05, 3.63) is 24.5 Å². The summed E-state index contributed by atoms with van der Waals surface area (Å²) < 4.78 is 29.0. The van der Waals surface area contributed by atoms with Crippen LogP contribution in [0.4, 0.5) is 0 Å². The van der Waals surface area contributed by atoms with Gasteiger partial charge in [-0.3, -0.25) is 4.98 Å². The average Bonchev–Trinajstić information content (AvgIpc) is 2.40. The molecule has 0 bridgehead atoms. The summed E-state index contributed by atoms with van der Waals surface area (Å²) in [5.74, 6) is 0.686. The van der Waals surface area contributed by atoms with E-state index in [-0.39, 0.29) is 4.90 Å². The SMILES string of the molecule is CCC1CCN(OS(=O)(=O)c2cccnc2)CC1. The maximum absolute atomic E-state index is 11.9. The van der Waals surface area contributed by atoms with Gasteiger partial charge in [0.25, 0.3) is 0 Å². The minimum atomic E-state index is -3.72. The molecule has 0 aliphatic carbocycles. The topological polar surface area (TPSA) is 59.5 Å². The number of aromatic nitrogens is 1. The predicted molar refractivity (Wildman–Crippen MR) is 67.1 cm³/mol. The van der Waals surface area contributed by atoms with E-state index >= 15 is 0 Å². The van der Waals surface area contributed by atoms with Gasteiger partial charge in [-0.1, -0.05) is 13.3 Å². The van der Waals surface area contributed by atoms with Gasteiger partial charge in [0.15, 0.2) is 0 Å². The molecule has 0 amide bonds. The van der Waals surface area contributed by atoms with Crippen molar-refractivity contribution in [2.75, 3.05) is 13.1 Å². The lowest BCUT2D eigenvalue weighted by Gasteiger charge is -2.29. The van der Waals surface area contributed by atoms with Gasteiger partial charge in [-0.25, -0.2) is 0 Å². The Bertz CT molecular complexity index is 467. The highest BCUT2D eigenvalue weighted by Crippen LogP contribution is 2.22. The summed E-state index contributed by atoms with van der Waals surface area (Å²) in [5, 5.41) is 1.54. The zero-order chi connectivity index (χ0) is 13.0. The monoisotopic (exact) mass is 270 g/mol. The smallest absolute Gasteiger partial charge is 0.263 e. The number of pyridine rings is 1. The van der Waals surface area contributed by atoms with Crippen molar-refractivity contribution in [3.8, 4) is 0 Å². The number of nitrogens with zero attached hydrogens (tertiary/aromatic N) is 2. The Morgan fingerprint density at radius 3 is 2.72 bits per heavy atom. The maximum Gasteiger partial charge on any atom is 0.314 e. The van der Waals surface area contributed by atoms with Gasteiger partial charge in [-0.2, -0.15) is 17.8 Å². The summed E-state index contributed by atoms with van der Waals surface area (Å²) in [6.07, 6.45) is 5.95. The molecule has 0 saturated carbocycles. The van der Waals surface area contributed by atoms with Crippen LogP contribution >= 0.6 is 0 Å². The Balaban J connectivity index is 1.98. The summed E-state index contributed by atoms with van der Waals surface area (Å²) >= 11 is 0. The van der Waals surface area contributed by atoms with E-state index in [2.05, 4.69) is 11.9 Å². The molecule has 2 heterocycles. The fourth-order valence-corrected chi connectivity index (χ4v) is 3.02. The molecule has 6 heteroatoms. The number of rotatable bonds is 4. The van der Waals surface area contributed by atoms with Gasteiger partial charge in [0, 0.05) is 25.5 Å².